The summed E-state index contributed by atoms with van der Waals surface area (Å²) in [5, 5.41) is 0. The molecule has 0 spiro atoms. The van der Waals surface area contributed by atoms with Crippen LogP contribution in [0, 0.1) is 0 Å². The quantitative estimate of drug-likeness (QED) is 0.108. The first kappa shape index (κ1) is 28.9. The van der Waals surface area contributed by atoms with E-state index in [0.29, 0.717) is 5.56 Å². The van der Waals surface area contributed by atoms with Crippen molar-refractivity contribution in [2.75, 3.05) is 7.11 Å². The summed E-state index contributed by atoms with van der Waals surface area (Å²) < 4.78 is 5.63. The second-order valence-corrected chi connectivity index (χ2v) is 9.83. The molecule has 0 saturated carbocycles. The van der Waals surface area contributed by atoms with E-state index < -0.39 is 0 Å². The SMILES string of the molecule is CCCCCCCCCCCCCCCCCc1ccc(C=CC(=O)c2ccccc2)cc1OC. The Bertz CT molecular complexity index is 837. The van der Waals surface area contributed by atoms with Crippen LogP contribution in [0.5, 0.6) is 5.75 Å². The van der Waals surface area contributed by atoms with E-state index in [2.05, 4.69) is 19.1 Å². The fraction of sp³-hybridized carbons (Fsp3) is 0.545. The zero-order valence-corrected chi connectivity index (χ0v) is 22.4. The first-order valence-corrected chi connectivity index (χ1v) is 14.2. The van der Waals surface area contributed by atoms with Crippen LogP contribution in [-0.4, -0.2) is 12.9 Å². The summed E-state index contributed by atoms with van der Waals surface area (Å²) in [6.45, 7) is 2.29. The van der Waals surface area contributed by atoms with Gasteiger partial charge in [0.2, 0.25) is 0 Å². The maximum Gasteiger partial charge on any atom is 0.185 e. The van der Waals surface area contributed by atoms with Crippen LogP contribution in [0.15, 0.2) is 54.6 Å². The maximum absolute atomic E-state index is 12.3. The van der Waals surface area contributed by atoms with E-state index in [4.69, 9.17) is 4.74 Å². The smallest absolute Gasteiger partial charge is 0.185 e. The Morgan fingerprint density at radius 1 is 0.714 bits per heavy atom. The molecule has 0 aliphatic rings. The number of carbonyl (C=O) groups excluding carboxylic acids is 1. The molecule has 2 nitrogen and oxygen atoms in total. The van der Waals surface area contributed by atoms with Crippen molar-refractivity contribution in [2.45, 2.75) is 110 Å². The van der Waals surface area contributed by atoms with Crippen LogP contribution in [0.1, 0.15) is 125 Å². The maximum atomic E-state index is 12.3. The number of hydrogen-bond acceptors (Lipinski definition) is 2. The molecule has 2 aromatic rings. The van der Waals surface area contributed by atoms with Crippen LogP contribution in [0.4, 0.5) is 0 Å². The fourth-order valence-corrected chi connectivity index (χ4v) is 4.63. The second-order valence-electron chi connectivity index (χ2n) is 9.83. The van der Waals surface area contributed by atoms with Gasteiger partial charge < -0.3 is 4.74 Å². The van der Waals surface area contributed by atoms with Gasteiger partial charge in [0, 0.05) is 5.56 Å². The number of allylic oxidation sites excluding steroid dienone is 1. The molecular formula is C33H48O2. The van der Waals surface area contributed by atoms with Crippen LogP contribution < -0.4 is 4.74 Å². The Labute approximate surface area is 215 Å². The highest BCUT2D eigenvalue weighted by molar-refractivity contribution is 6.06. The zero-order valence-electron chi connectivity index (χ0n) is 22.4. The highest BCUT2D eigenvalue weighted by atomic mass is 16.5. The lowest BCUT2D eigenvalue weighted by atomic mass is 10.0. The molecule has 2 heteroatoms. The van der Waals surface area contributed by atoms with Crippen molar-refractivity contribution >= 4 is 11.9 Å². The summed E-state index contributed by atoms with van der Waals surface area (Å²) in [7, 11) is 1.73. The van der Waals surface area contributed by atoms with Gasteiger partial charge in [0.05, 0.1) is 7.11 Å². The number of ether oxygens (including phenoxy) is 1. The standard InChI is InChI=1S/C33H48O2/c1-3-4-5-6-7-8-9-10-11-12-13-14-15-16-18-23-31-26-24-29(28-33(31)35-2)25-27-32(34)30-21-19-17-20-22-30/h17,19-22,24-28H,3-16,18,23H2,1-2H3. The molecule has 0 aromatic heterocycles. The summed E-state index contributed by atoms with van der Waals surface area (Å²) in [4.78, 5) is 12.3. The highest BCUT2D eigenvalue weighted by Crippen LogP contribution is 2.24. The zero-order chi connectivity index (χ0) is 25.0. The molecule has 0 heterocycles. The number of benzene rings is 2. The molecule has 0 unspecified atom stereocenters. The molecule has 0 bridgehead atoms. The van der Waals surface area contributed by atoms with Gasteiger partial charge in [-0.25, -0.2) is 0 Å². The van der Waals surface area contributed by atoms with Crippen LogP contribution in [0.3, 0.4) is 0 Å². The fourth-order valence-electron chi connectivity index (χ4n) is 4.63. The van der Waals surface area contributed by atoms with Crippen molar-refractivity contribution in [2.24, 2.45) is 0 Å². The molecule has 0 radical (unpaired) electrons. The molecule has 0 aliphatic carbocycles. The molecule has 0 fully saturated rings. The number of unbranched alkanes of at least 4 members (excludes halogenated alkanes) is 14. The minimum atomic E-state index is 0.0199. The minimum Gasteiger partial charge on any atom is -0.496 e. The van der Waals surface area contributed by atoms with Gasteiger partial charge in [0.1, 0.15) is 5.75 Å². The van der Waals surface area contributed by atoms with E-state index in [1.807, 2.05) is 42.5 Å². The molecule has 0 aliphatic heterocycles. The average Bonchev–Trinajstić information content (AvgIpc) is 2.90. The van der Waals surface area contributed by atoms with Gasteiger partial charge in [-0.3, -0.25) is 4.79 Å². The van der Waals surface area contributed by atoms with Crippen molar-refractivity contribution < 1.29 is 9.53 Å². The third kappa shape index (κ3) is 12.8. The second kappa shape index (κ2) is 18.9. The molecule has 192 valence electrons. The summed E-state index contributed by atoms with van der Waals surface area (Å²) in [5.74, 6) is 0.941. The molecule has 0 atom stereocenters. The molecule has 0 saturated heterocycles. The van der Waals surface area contributed by atoms with Crippen LogP contribution in [0.2, 0.25) is 0 Å². The third-order valence-corrected chi connectivity index (χ3v) is 6.85. The van der Waals surface area contributed by atoms with E-state index in [1.165, 1.54) is 102 Å². The number of ketones is 1. The number of carbonyl (C=O) groups is 1. The Morgan fingerprint density at radius 3 is 1.80 bits per heavy atom. The van der Waals surface area contributed by atoms with Gasteiger partial charge in [-0.05, 0) is 36.1 Å². The minimum absolute atomic E-state index is 0.0199. The topological polar surface area (TPSA) is 26.3 Å². The van der Waals surface area contributed by atoms with E-state index in [0.717, 1.165) is 17.7 Å². The summed E-state index contributed by atoms with van der Waals surface area (Å²) in [6, 6.07) is 15.6. The first-order valence-electron chi connectivity index (χ1n) is 14.2. The van der Waals surface area contributed by atoms with Crippen molar-refractivity contribution in [3.8, 4) is 5.75 Å². The lowest BCUT2D eigenvalue weighted by Gasteiger charge is -2.10. The number of rotatable bonds is 20. The van der Waals surface area contributed by atoms with E-state index >= 15 is 0 Å². The highest BCUT2D eigenvalue weighted by Gasteiger charge is 2.05. The van der Waals surface area contributed by atoms with Crippen molar-refractivity contribution in [3.63, 3.8) is 0 Å². The number of hydrogen-bond donors (Lipinski definition) is 0. The van der Waals surface area contributed by atoms with Gasteiger partial charge in [0.25, 0.3) is 0 Å². The van der Waals surface area contributed by atoms with Gasteiger partial charge in [0.15, 0.2) is 5.78 Å². The Hall–Kier alpha value is -2.35. The Kier molecular flexibility index (Phi) is 15.6. The lowest BCUT2D eigenvalue weighted by molar-refractivity contribution is 0.104. The predicted molar refractivity (Wildman–Crippen MR) is 151 cm³/mol. The normalized spacial score (nSPS) is 11.3. The predicted octanol–water partition coefficient (Wildman–Crippen LogP) is 10.0. The summed E-state index contributed by atoms with van der Waals surface area (Å²) in [6.07, 6.45) is 25.4. The molecule has 2 rings (SSSR count). The van der Waals surface area contributed by atoms with Crippen LogP contribution in [0.25, 0.3) is 6.08 Å². The lowest BCUT2D eigenvalue weighted by Crippen LogP contribution is -1.95. The van der Waals surface area contributed by atoms with Crippen LogP contribution >= 0.6 is 0 Å². The Morgan fingerprint density at radius 2 is 1.26 bits per heavy atom. The molecular weight excluding hydrogens is 428 g/mol. The molecule has 2 aromatic carbocycles. The van der Waals surface area contributed by atoms with Crippen molar-refractivity contribution in [1.29, 1.82) is 0 Å². The van der Waals surface area contributed by atoms with Crippen molar-refractivity contribution in [3.05, 3.63) is 71.3 Å². The van der Waals surface area contributed by atoms with Crippen LogP contribution in [-0.2, 0) is 6.42 Å². The largest absolute Gasteiger partial charge is 0.496 e. The van der Waals surface area contributed by atoms with E-state index in [1.54, 1.807) is 13.2 Å². The summed E-state index contributed by atoms with van der Waals surface area (Å²) >= 11 is 0. The first-order chi connectivity index (χ1) is 17.2. The molecule has 0 amide bonds. The van der Waals surface area contributed by atoms with E-state index in [-0.39, 0.29) is 5.78 Å². The van der Waals surface area contributed by atoms with Gasteiger partial charge in [-0.1, -0.05) is 145 Å². The molecule has 0 N–H and O–H groups in total. The molecule has 35 heavy (non-hydrogen) atoms. The van der Waals surface area contributed by atoms with E-state index in [9.17, 15) is 4.79 Å². The number of methoxy groups -OCH3 is 1. The van der Waals surface area contributed by atoms with Gasteiger partial charge in [-0.15, -0.1) is 0 Å². The summed E-state index contributed by atoms with van der Waals surface area (Å²) in [5.41, 5.74) is 2.96. The van der Waals surface area contributed by atoms with Gasteiger partial charge >= 0.3 is 0 Å². The number of aryl methyl sites for hydroxylation is 1. The Balaban J connectivity index is 1.55. The van der Waals surface area contributed by atoms with Gasteiger partial charge in [-0.2, -0.15) is 0 Å². The average molecular weight is 477 g/mol. The third-order valence-electron chi connectivity index (χ3n) is 6.85. The van der Waals surface area contributed by atoms with Crippen molar-refractivity contribution in [1.82, 2.24) is 0 Å². The monoisotopic (exact) mass is 476 g/mol.